The summed E-state index contributed by atoms with van der Waals surface area (Å²) in [6.45, 7) is 4.17. The number of halogens is 1. The Kier molecular flexibility index (Phi) is 3.33. The van der Waals surface area contributed by atoms with Crippen molar-refractivity contribution in [2.75, 3.05) is 11.9 Å². The Morgan fingerprint density at radius 3 is 2.92 bits per heavy atom. The summed E-state index contributed by atoms with van der Waals surface area (Å²) in [6.07, 6.45) is 0. The van der Waals surface area contributed by atoms with Crippen LogP contribution in [0.1, 0.15) is 12.5 Å². The summed E-state index contributed by atoms with van der Waals surface area (Å²) < 4.78 is 13.1. The highest BCUT2D eigenvalue weighted by atomic mass is 19.1. The Morgan fingerprint density at radius 2 is 2.23 bits per heavy atom. The number of benzene rings is 1. The summed E-state index contributed by atoms with van der Waals surface area (Å²) in [6, 6.07) is 4.97. The van der Waals surface area contributed by atoms with Gasteiger partial charge in [0.2, 0.25) is 0 Å². The Bertz CT molecular complexity index is 347. The van der Waals surface area contributed by atoms with E-state index in [1.165, 1.54) is 6.07 Å². The van der Waals surface area contributed by atoms with Gasteiger partial charge < -0.3 is 5.32 Å². The molecular weight excluding hydrogens is 165 g/mol. The third-order valence-electron chi connectivity index (χ3n) is 1.67. The maximum absolute atomic E-state index is 13.1. The average Bonchev–Trinajstić information content (AvgIpc) is 2.11. The Hall–Kier alpha value is -1.49. The van der Waals surface area contributed by atoms with Crippen LogP contribution < -0.4 is 5.32 Å². The van der Waals surface area contributed by atoms with Crippen LogP contribution in [-0.4, -0.2) is 6.54 Å². The zero-order valence-electron chi connectivity index (χ0n) is 7.82. The molecule has 0 amide bonds. The molecule has 0 spiro atoms. The van der Waals surface area contributed by atoms with Crippen molar-refractivity contribution in [3.63, 3.8) is 0 Å². The van der Waals surface area contributed by atoms with E-state index < -0.39 is 0 Å². The number of rotatable bonds is 2. The molecule has 0 aromatic heterocycles. The van der Waals surface area contributed by atoms with E-state index in [0.717, 1.165) is 5.56 Å². The molecule has 0 radical (unpaired) electrons. The highest BCUT2D eigenvalue weighted by molar-refractivity contribution is 5.47. The van der Waals surface area contributed by atoms with Crippen LogP contribution in [0.25, 0.3) is 0 Å². The van der Waals surface area contributed by atoms with Crippen molar-refractivity contribution in [1.82, 2.24) is 0 Å². The van der Waals surface area contributed by atoms with Gasteiger partial charge in [0.15, 0.2) is 0 Å². The second-order valence-electron chi connectivity index (χ2n) is 2.76. The summed E-state index contributed by atoms with van der Waals surface area (Å²) in [5.41, 5.74) is 1.55. The topological polar surface area (TPSA) is 12.0 Å². The molecule has 13 heavy (non-hydrogen) atoms. The highest BCUT2D eigenvalue weighted by Crippen LogP contribution is 2.14. The van der Waals surface area contributed by atoms with Gasteiger partial charge in [-0.2, -0.15) is 0 Å². The lowest BCUT2D eigenvalue weighted by atomic mass is 10.2. The summed E-state index contributed by atoms with van der Waals surface area (Å²) in [4.78, 5) is 0. The predicted molar refractivity (Wildman–Crippen MR) is 53.1 cm³/mol. The van der Waals surface area contributed by atoms with Gasteiger partial charge in [0.1, 0.15) is 5.82 Å². The summed E-state index contributed by atoms with van der Waals surface area (Å²) in [7, 11) is 0. The van der Waals surface area contributed by atoms with Gasteiger partial charge in [-0.15, -0.1) is 5.92 Å². The van der Waals surface area contributed by atoms with E-state index in [0.29, 0.717) is 12.2 Å². The predicted octanol–water partition coefficient (Wildman–Crippen LogP) is 2.57. The maximum atomic E-state index is 13.1. The second kappa shape index (κ2) is 4.51. The van der Waals surface area contributed by atoms with E-state index in [2.05, 4.69) is 17.2 Å². The Balaban J connectivity index is 2.73. The smallest absolute Gasteiger partial charge is 0.146 e. The standard InChI is InChI=1S/C11H12FN/c1-3-4-7-13-11-8-9(2)5-6-10(11)12/h5-6,8,13H,7H2,1-2H3. The summed E-state index contributed by atoms with van der Waals surface area (Å²) >= 11 is 0. The van der Waals surface area contributed by atoms with E-state index in [4.69, 9.17) is 0 Å². The third-order valence-corrected chi connectivity index (χ3v) is 1.67. The quantitative estimate of drug-likeness (QED) is 0.684. The Morgan fingerprint density at radius 1 is 1.46 bits per heavy atom. The van der Waals surface area contributed by atoms with Crippen molar-refractivity contribution in [2.24, 2.45) is 0 Å². The molecule has 0 atom stereocenters. The first-order valence-electron chi connectivity index (χ1n) is 4.13. The van der Waals surface area contributed by atoms with Crippen molar-refractivity contribution < 1.29 is 4.39 Å². The van der Waals surface area contributed by atoms with Crippen LogP contribution in [0.5, 0.6) is 0 Å². The molecule has 0 aliphatic rings. The lowest BCUT2D eigenvalue weighted by Gasteiger charge is -2.04. The lowest BCUT2D eigenvalue weighted by molar-refractivity contribution is 0.630. The summed E-state index contributed by atoms with van der Waals surface area (Å²) in [5, 5.41) is 2.91. The number of hydrogen-bond acceptors (Lipinski definition) is 1. The first-order chi connectivity index (χ1) is 6.24. The molecule has 0 bridgehead atoms. The third kappa shape index (κ3) is 2.79. The van der Waals surface area contributed by atoms with Crippen molar-refractivity contribution in [3.8, 4) is 11.8 Å². The molecule has 1 rings (SSSR count). The van der Waals surface area contributed by atoms with E-state index in [1.807, 2.05) is 6.92 Å². The fourth-order valence-corrected chi connectivity index (χ4v) is 1.00. The minimum absolute atomic E-state index is 0.233. The molecule has 2 heteroatoms. The molecule has 1 N–H and O–H groups in total. The maximum Gasteiger partial charge on any atom is 0.146 e. The zero-order valence-corrected chi connectivity index (χ0v) is 7.82. The van der Waals surface area contributed by atoms with Crippen LogP contribution in [-0.2, 0) is 0 Å². The van der Waals surface area contributed by atoms with Crippen molar-refractivity contribution in [1.29, 1.82) is 0 Å². The fourth-order valence-electron chi connectivity index (χ4n) is 1.00. The first kappa shape index (κ1) is 9.60. The number of hydrogen-bond donors (Lipinski definition) is 1. The monoisotopic (exact) mass is 177 g/mol. The van der Waals surface area contributed by atoms with Crippen LogP contribution >= 0.6 is 0 Å². The number of aryl methyl sites for hydroxylation is 1. The van der Waals surface area contributed by atoms with Gasteiger partial charge in [-0.05, 0) is 31.5 Å². The van der Waals surface area contributed by atoms with Crippen LogP contribution in [0.15, 0.2) is 18.2 Å². The molecule has 0 aliphatic heterocycles. The van der Waals surface area contributed by atoms with Crippen LogP contribution in [0, 0.1) is 24.6 Å². The molecule has 68 valence electrons. The minimum atomic E-state index is -0.233. The molecule has 0 aliphatic carbocycles. The van der Waals surface area contributed by atoms with E-state index in [-0.39, 0.29) is 5.82 Å². The molecule has 0 saturated heterocycles. The minimum Gasteiger partial charge on any atom is -0.372 e. The van der Waals surface area contributed by atoms with Gasteiger partial charge in [-0.1, -0.05) is 12.0 Å². The van der Waals surface area contributed by atoms with E-state index >= 15 is 0 Å². The van der Waals surface area contributed by atoms with Crippen molar-refractivity contribution in [3.05, 3.63) is 29.6 Å². The highest BCUT2D eigenvalue weighted by Gasteiger charge is 1.99. The van der Waals surface area contributed by atoms with Crippen LogP contribution in [0.3, 0.4) is 0 Å². The van der Waals surface area contributed by atoms with Gasteiger partial charge >= 0.3 is 0 Å². The van der Waals surface area contributed by atoms with Crippen molar-refractivity contribution in [2.45, 2.75) is 13.8 Å². The normalized spacial score (nSPS) is 8.85. The average molecular weight is 177 g/mol. The molecule has 1 aromatic rings. The molecule has 0 fully saturated rings. The molecule has 1 aromatic carbocycles. The van der Waals surface area contributed by atoms with Gasteiger partial charge in [-0.25, -0.2) is 4.39 Å². The van der Waals surface area contributed by atoms with Crippen LogP contribution in [0.4, 0.5) is 10.1 Å². The summed E-state index contributed by atoms with van der Waals surface area (Å²) in [5.74, 6) is 5.32. The fraction of sp³-hybridized carbons (Fsp3) is 0.273. The lowest BCUT2D eigenvalue weighted by Crippen LogP contribution is -2.01. The second-order valence-corrected chi connectivity index (χ2v) is 2.76. The van der Waals surface area contributed by atoms with Gasteiger partial charge in [0, 0.05) is 0 Å². The molecule has 0 unspecified atom stereocenters. The zero-order chi connectivity index (χ0) is 9.68. The first-order valence-corrected chi connectivity index (χ1v) is 4.13. The van der Waals surface area contributed by atoms with Crippen molar-refractivity contribution >= 4 is 5.69 Å². The Labute approximate surface area is 78.0 Å². The molecule has 0 heterocycles. The van der Waals surface area contributed by atoms with E-state index in [9.17, 15) is 4.39 Å². The van der Waals surface area contributed by atoms with E-state index in [1.54, 1.807) is 19.1 Å². The number of anilines is 1. The molecule has 1 nitrogen and oxygen atoms in total. The molecular formula is C11H12FN. The molecule has 0 saturated carbocycles. The van der Waals surface area contributed by atoms with Gasteiger partial charge in [0.25, 0.3) is 0 Å². The van der Waals surface area contributed by atoms with Crippen LogP contribution in [0.2, 0.25) is 0 Å². The SMILES string of the molecule is CC#CCNc1cc(C)ccc1F. The largest absolute Gasteiger partial charge is 0.372 e. The number of nitrogens with one attached hydrogen (secondary N) is 1. The van der Waals surface area contributed by atoms with Gasteiger partial charge in [-0.3, -0.25) is 0 Å². The van der Waals surface area contributed by atoms with Gasteiger partial charge in [0.05, 0.1) is 12.2 Å².